The molecule has 1 heterocycles. The van der Waals surface area contributed by atoms with Crippen molar-refractivity contribution in [3.8, 4) is 0 Å². The molecule has 2 aromatic rings. The Hall–Kier alpha value is -2.19. The Balaban J connectivity index is 2.31. The first-order valence-electron chi connectivity index (χ1n) is 5.72. The Morgan fingerprint density at radius 1 is 1.35 bits per heavy atom. The molecule has 106 valence electrons. The molecular formula is C12H14N4O3S. The smallest absolute Gasteiger partial charge is 0.276 e. The summed E-state index contributed by atoms with van der Waals surface area (Å²) in [6.45, 7) is 1.75. The van der Waals surface area contributed by atoms with E-state index in [4.69, 9.17) is 5.14 Å². The van der Waals surface area contributed by atoms with E-state index in [9.17, 15) is 13.2 Å². The van der Waals surface area contributed by atoms with Crippen LogP contribution in [-0.2, 0) is 17.1 Å². The number of carbonyl (C=O) groups excluding carboxylic acids is 1. The maximum absolute atomic E-state index is 12.0. The molecule has 0 aliphatic rings. The van der Waals surface area contributed by atoms with Crippen LogP contribution < -0.4 is 10.5 Å². The normalized spacial score (nSPS) is 11.3. The third-order valence-corrected chi connectivity index (χ3v) is 3.64. The Morgan fingerprint density at radius 3 is 2.60 bits per heavy atom. The summed E-state index contributed by atoms with van der Waals surface area (Å²) in [5.74, 6) is -0.416. The molecule has 0 saturated carbocycles. The molecule has 1 aromatic carbocycles. The number of hydrogen-bond acceptors (Lipinski definition) is 4. The highest BCUT2D eigenvalue weighted by Crippen LogP contribution is 2.20. The second kappa shape index (κ2) is 5.06. The van der Waals surface area contributed by atoms with Gasteiger partial charge in [0.05, 0.1) is 4.90 Å². The summed E-state index contributed by atoms with van der Waals surface area (Å²) in [4.78, 5) is 11.9. The molecular weight excluding hydrogens is 280 g/mol. The van der Waals surface area contributed by atoms with E-state index >= 15 is 0 Å². The van der Waals surface area contributed by atoms with Crippen LogP contribution in [0.2, 0.25) is 0 Å². The largest absolute Gasteiger partial charge is 0.320 e. The lowest BCUT2D eigenvalue weighted by Crippen LogP contribution is -2.16. The molecule has 8 heteroatoms. The average Bonchev–Trinajstić information content (AvgIpc) is 2.77. The zero-order valence-corrected chi connectivity index (χ0v) is 11.8. The van der Waals surface area contributed by atoms with Crippen molar-refractivity contribution < 1.29 is 13.2 Å². The van der Waals surface area contributed by atoms with Crippen molar-refractivity contribution in [2.24, 2.45) is 12.2 Å². The number of aromatic nitrogens is 2. The number of carbonyl (C=O) groups is 1. The second-order valence-electron chi connectivity index (χ2n) is 4.35. The molecule has 1 aromatic heterocycles. The quantitative estimate of drug-likeness (QED) is 0.865. The summed E-state index contributed by atoms with van der Waals surface area (Å²) < 4.78 is 24.1. The average molecular weight is 294 g/mol. The van der Waals surface area contributed by atoms with Crippen molar-refractivity contribution in [1.82, 2.24) is 9.78 Å². The van der Waals surface area contributed by atoms with Gasteiger partial charge in [0.25, 0.3) is 5.91 Å². The number of primary sulfonamides is 1. The molecule has 0 saturated heterocycles. The van der Waals surface area contributed by atoms with Crippen LogP contribution in [0.5, 0.6) is 0 Å². The standard InChI is InChI=1S/C12H14N4O3S/c1-8-3-4-9(20(13,18)19)7-11(8)14-12(17)10-5-6-16(2)15-10/h3-7H,1-2H3,(H,14,17)(H2,13,18,19). The highest BCUT2D eigenvalue weighted by atomic mass is 32.2. The van der Waals surface area contributed by atoms with Crippen molar-refractivity contribution in [2.75, 3.05) is 5.32 Å². The molecule has 0 atom stereocenters. The summed E-state index contributed by atoms with van der Waals surface area (Å²) in [6, 6.07) is 5.86. The van der Waals surface area contributed by atoms with Gasteiger partial charge in [-0.15, -0.1) is 0 Å². The maximum atomic E-state index is 12.0. The van der Waals surface area contributed by atoms with Gasteiger partial charge in [-0.05, 0) is 30.7 Å². The SMILES string of the molecule is Cc1ccc(S(N)(=O)=O)cc1NC(=O)c1ccn(C)n1. The van der Waals surface area contributed by atoms with E-state index in [0.29, 0.717) is 5.69 Å². The van der Waals surface area contributed by atoms with Gasteiger partial charge in [-0.3, -0.25) is 9.48 Å². The Morgan fingerprint density at radius 2 is 2.05 bits per heavy atom. The molecule has 0 bridgehead atoms. The van der Waals surface area contributed by atoms with Crippen LogP contribution in [0.3, 0.4) is 0 Å². The van der Waals surface area contributed by atoms with Gasteiger partial charge < -0.3 is 5.32 Å². The number of aryl methyl sites for hydroxylation is 2. The van der Waals surface area contributed by atoms with Crippen molar-refractivity contribution >= 4 is 21.6 Å². The van der Waals surface area contributed by atoms with Crippen molar-refractivity contribution in [1.29, 1.82) is 0 Å². The minimum absolute atomic E-state index is 0.0561. The number of nitrogens with two attached hydrogens (primary N) is 1. The van der Waals surface area contributed by atoms with Crippen LogP contribution in [0.15, 0.2) is 35.4 Å². The molecule has 1 amide bonds. The molecule has 0 aliphatic carbocycles. The van der Waals surface area contributed by atoms with Gasteiger partial charge in [-0.1, -0.05) is 6.07 Å². The maximum Gasteiger partial charge on any atom is 0.276 e. The van der Waals surface area contributed by atoms with Crippen molar-refractivity contribution in [2.45, 2.75) is 11.8 Å². The minimum Gasteiger partial charge on any atom is -0.320 e. The van der Waals surface area contributed by atoms with E-state index in [0.717, 1.165) is 5.56 Å². The second-order valence-corrected chi connectivity index (χ2v) is 5.91. The Bertz CT molecular complexity index is 765. The van der Waals surface area contributed by atoms with E-state index in [2.05, 4.69) is 10.4 Å². The molecule has 0 radical (unpaired) electrons. The van der Waals surface area contributed by atoms with Crippen LogP contribution in [-0.4, -0.2) is 24.1 Å². The number of benzene rings is 1. The molecule has 0 fully saturated rings. The van der Waals surface area contributed by atoms with E-state index < -0.39 is 15.9 Å². The van der Waals surface area contributed by atoms with Gasteiger partial charge in [-0.2, -0.15) is 5.10 Å². The van der Waals surface area contributed by atoms with Gasteiger partial charge >= 0.3 is 0 Å². The van der Waals surface area contributed by atoms with Gasteiger partial charge in [-0.25, -0.2) is 13.6 Å². The Kier molecular flexibility index (Phi) is 3.60. The number of rotatable bonds is 3. The number of sulfonamides is 1. The molecule has 0 aliphatic heterocycles. The summed E-state index contributed by atoms with van der Waals surface area (Å²) in [7, 11) is -2.11. The number of nitrogens with zero attached hydrogens (tertiary/aromatic N) is 2. The lowest BCUT2D eigenvalue weighted by atomic mass is 10.2. The zero-order chi connectivity index (χ0) is 14.9. The molecule has 20 heavy (non-hydrogen) atoms. The van der Waals surface area contributed by atoms with Crippen LogP contribution >= 0.6 is 0 Å². The fraction of sp³-hybridized carbons (Fsp3) is 0.167. The first-order chi connectivity index (χ1) is 9.27. The fourth-order valence-corrected chi connectivity index (χ4v) is 2.18. The van der Waals surface area contributed by atoms with Crippen LogP contribution in [0.1, 0.15) is 16.1 Å². The highest BCUT2D eigenvalue weighted by Gasteiger charge is 2.14. The van der Waals surface area contributed by atoms with Gasteiger partial charge in [0.15, 0.2) is 5.69 Å². The van der Waals surface area contributed by atoms with Crippen molar-refractivity contribution in [3.05, 3.63) is 41.7 Å². The number of hydrogen-bond donors (Lipinski definition) is 2. The monoisotopic (exact) mass is 294 g/mol. The highest BCUT2D eigenvalue weighted by molar-refractivity contribution is 7.89. The zero-order valence-electron chi connectivity index (χ0n) is 11.0. The third kappa shape index (κ3) is 3.03. The molecule has 3 N–H and O–H groups in total. The molecule has 7 nitrogen and oxygen atoms in total. The van der Waals surface area contributed by atoms with Gasteiger partial charge in [0.1, 0.15) is 0 Å². The Labute approximate surface area is 116 Å². The predicted molar refractivity (Wildman–Crippen MR) is 73.7 cm³/mol. The van der Waals surface area contributed by atoms with E-state index in [1.54, 1.807) is 32.3 Å². The fourth-order valence-electron chi connectivity index (χ4n) is 1.64. The van der Waals surface area contributed by atoms with E-state index in [1.165, 1.54) is 16.8 Å². The molecule has 0 spiro atoms. The topological polar surface area (TPSA) is 107 Å². The van der Waals surface area contributed by atoms with E-state index in [-0.39, 0.29) is 10.6 Å². The van der Waals surface area contributed by atoms with Crippen molar-refractivity contribution in [3.63, 3.8) is 0 Å². The summed E-state index contributed by atoms with van der Waals surface area (Å²) in [6.07, 6.45) is 1.64. The summed E-state index contributed by atoms with van der Waals surface area (Å²) >= 11 is 0. The van der Waals surface area contributed by atoms with E-state index in [1.807, 2.05) is 0 Å². The van der Waals surface area contributed by atoms with Gasteiger partial charge in [0.2, 0.25) is 10.0 Å². The predicted octanol–water partition coefficient (Wildman–Crippen LogP) is 0.628. The lowest BCUT2D eigenvalue weighted by molar-refractivity contribution is 0.102. The number of amides is 1. The first kappa shape index (κ1) is 14.2. The number of nitrogens with one attached hydrogen (secondary N) is 1. The first-order valence-corrected chi connectivity index (χ1v) is 7.26. The minimum atomic E-state index is -3.81. The third-order valence-electron chi connectivity index (χ3n) is 2.73. The lowest BCUT2D eigenvalue weighted by Gasteiger charge is -2.08. The van der Waals surface area contributed by atoms with Gasteiger partial charge in [0, 0.05) is 18.9 Å². The molecule has 2 rings (SSSR count). The molecule has 0 unspecified atom stereocenters. The van der Waals surface area contributed by atoms with Crippen LogP contribution in [0, 0.1) is 6.92 Å². The summed E-state index contributed by atoms with van der Waals surface area (Å²) in [5, 5.41) is 11.7. The van der Waals surface area contributed by atoms with Crippen LogP contribution in [0.4, 0.5) is 5.69 Å². The van der Waals surface area contributed by atoms with Crippen LogP contribution in [0.25, 0.3) is 0 Å². The summed E-state index contributed by atoms with van der Waals surface area (Å²) in [5.41, 5.74) is 1.35. The number of anilines is 1.